The van der Waals surface area contributed by atoms with Crippen LogP contribution in [0.1, 0.15) is 27.5 Å². The molecule has 30 heavy (non-hydrogen) atoms. The Balaban J connectivity index is 0.00000256. The van der Waals surface area contributed by atoms with Gasteiger partial charge in [-0.05, 0) is 35.4 Å². The minimum Gasteiger partial charge on any atom is -0.508 e. The van der Waals surface area contributed by atoms with E-state index in [1.807, 2.05) is 0 Å². The number of rotatable bonds is 6. The monoisotopic (exact) mass is 422 g/mol. The molecule has 1 aliphatic heterocycles. The third kappa shape index (κ3) is 5.28. The second-order valence-electron chi connectivity index (χ2n) is 7.51. The number of nitrogens with zero attached hydrogens (tertiary/aromatic N) is 2. The number of Topliss-reactive ketones (excluding diaryl/α,β-unsaturated/α-hetero) is 1. The Morgan fingerprint density at radius 3 is 1.77 bits per heavy atom. The second kappa shape index (κ2) is 10.4. The number of ketones is 1. The Bertz CT molecular complexity index is 885. The van der Waals surface area contributed by atoms with Crippen LogP contribution in [0.25, 0.3) is 0 Å². The van der Waals surface area contributed by atoms with Crippen molar-refractivity contribution in [2.24, 2.45) is 0 Å². The van der Waals surface area contributed by atoms with Crippen molar-refractivity contribution in [2.75, 3.05) is 32.7 Å². The van der Waals surface area contributed by atoms with Gasteiger partial charge in [-0.15, -0.1) is 12.4 Å². The van der Waals surface area contributed by atoms with Crippen molar-refractivity contribution in [2.45, 2.75) is 6.04 Å². The van der Waals surface area contributed by atoms with Crippen LogP contribution in [0.3, 0.4) is 0 Å². The number of benzene rings is 3. The zero-order valence-corrected chi connectivity index (χ0v) is 17.7. The van der Waals surface area contributed by atoms with Gasteiger partial charge in [-0.3, -0.25) is 14.6 Å². The Morgan fingerprint density at radius 1 is 0.767 bits per heavy atom. The summed E-state index contributed by atoms with van der Waals surface area (Å²) in [5.74, 6) is 0.282. The fraction of sp³-hybridized carbons (Fsp3) is 0.240. The first-order valence-corrected chi connectivity index (χ1v) is 10.1. The van der Waals surface area contributed by atoms with Gasteiger partial charge in [-0.2, -0.15) is 0 Å². The molecule has 1 fully saturated rings. The van der Waals surface area contributed by atoms with Crippen molar-refractivity contribution in [1.82, 2.24) is 9.80 Å². The van der Waals surface area contributed by atoms with Gasteiger partial charge in [0.15, 0.2) is 5.78 Å². The van der Waals surface area contributed by atoms with Gasteiger partial charge < -0.3 is 5.11 Å². The van der Waals surface area contributed by atoms with Gasteiger partial charge in [-0.25, -0.2) is 0 Å². The Morgan fingerprint density at radius 2 is 1.27 bits per heavy atom. The molecule has 0 bridgehead atoms. The van der Waals surface area contributed by atoms with Crippen LogP contribution in [-0.4, -0.2) is 53.4 Å². The number of carbonyl (C=O) groups excluding carboxylic acids is 1. The summed E-state index contributed by atoms with van der Waals surface area (Å²) in [6, 6.07) is 28.0. The predicted molar refractivity (Wildman–Crippen MR) is 122 cm³/mol. The van der Waals surface area contributed by atoms with Gasteiger partial charge in [0, 0.05) is 31.7 Å². The lowest BCUT2D eigenvalue weighted by atomic mass is 9.96. The van der Waals surface area contributed by atoms with E-state index in [1.54, 1.807) is 24.3 Å². The molecule has 0 spiro atoms. The highest BCUT2D eigenvalue weighted by Crippen LogP contribution is 2.29. The van der Waals surface area contributed by atoms with Gasteiger partial charge in [0.05, 0.1) is 12.6 Å². The molecule has 4 rings (SSSR count). The van der Waals surface area contributed by atoms with E-state index < -0.39 is 0 Å². The highest BCUT2D eigenvalue weighted by atomic mass is 35.5. The molecule has 1 saturated heterocycles. The fourth-order valence-electron chi connectivity index (χ4n) is 4.01. The molecule has 0 saturated carbocycles. The van der Waals surface area contributed by atoms with E-state index in [0.29, 0.717) is 12.1 Å². The zero-order valence-electron chi connectivity index (χ0n) is 16.9. The molecular formula is C25H27ClN2O2. The molecule has 0 aliphatic carbocycles. The summed E-state index contributed by atoms with van der Waals surface area (Å²) in [5, 5.41) is 9.40. The van der Waals surface area contributed by atoms with Gasteiger partial charge in [0.1, 0.15) is 5.75 Å². The number of phenols is 1. The van der Waals surface area contributed by atoms with Crippen molar-refractivity contribution in [1.29, 1.82) is 0 Å². The topological polar surface area (TPSA) is 43.8 Å². The molecule has 0 unspecified atom stereocenters. The van der Waals surface area contributed by atoms with E-state index in [2.05, 4.69) is 70.5 Å². The van der Waals surface area contributed by atoms with Crippen LogP contribution in [0, 0.1) is 0 Å². The number of piperazine rings is 1. The van der Waals surface area contributed by atoms with Crippen molar-refractivity contribution < 1.29 is 9.90 Å². The first-order chi connectivity index (χ1) is 14.2. The molecule has 1 N–H and O–H groups in total. The first kappa shape index (κ1) is 22.0. The summed E-state index contributed by atoms with van der Waals surface area (Å²) in [6.07, 6.45) is 0. The molecule has 0 aromatic heterocycles. The van der Waals surface area contributed by atoms with Gasteiger partial charge in [-0.1, -0.05) is 60.7 Å². The minimum absolute atomic E-state index is 0. The zero-order chi connectivity index (χ0) is 20.1. The van der Waals surface area contributed by atoms with E-state index in [1.165, 1.54) is 11.1 Å². The Labute approximate surface area is 184 Å². The van der Waals surface area contributed by atoms with Gasteiger partial charge in [0.25, 0.3) is 0 Å². The largest absolute Gasteiger partial charge is 0.508 e. The summed E-state index contributed by atoms with van der Waals surface area (Å²) >= 11 is 0. The first-order valence-electron chi connectivity index (χ1n) is 10.1. The predicted octanol–water partition coefficient (Wildman–Crippen LogP) is 4.40. The normalized spacial score (nSPS) is 15.0. The lowest BCUT2D eigenvalue weighted by Gasteiger charge is -2.39. The summed E-state index contributed by atoms with van der Waals surface area (Å²) < 4.78 is 0. The van der Waals surface area contributed by atoms with E-state index in [9.17, 15) is 9.90 Å². The molecule has 0 amide bonds. The van der Waals surface area contributed by atoms with E-state index in [-0.39, 0.29) is 30.0 Å². The number of carbonyl (C=O) groups is 1. The Hall–Kier alpha value is -2.66. The second-order valence-corrected chi connectivity index (χ2v) is 7.51. The number of phenolic OH excluding ortho intramolecular Hbond substituents is 1. The van der Waals surface area contributed by atoms with Crippen LogP contribution in [0.15, 0.2) is 84.9 Å². The highest BCUT2D eigenvalue weighted by Gasteiger charge is 2.27. The van der Waals surface area contributed by atoms with Crippen molar-refractivity contribution >= 4 is 18.2 Å². The maximum atomic E-state index is 12.5. The average molecular weight is 423 g/mol. The van der Waals surface area contributed by atoms with E-state index in [4.69, 9.17) is 0 Å². The third-order valence-electron chi connectivity index (χ3n) is 5.56. The summed E-state index contributed by atoms with van der Waals surface area (Å²) in [7, 11) is 0. The van der Waals surface area contributed by atoms with Crippen LogP contribution in [0.5, 0.6) is 5.75 Å². The van der Waals surface area contributed by atoms with Gasteiger partial charge >= 0.3 is 0 Å². The molecule has 156 valence electrons. The van der Waals surface area contributed by atoms with Crippen LogP contribution in [0.4, 0.5) is 0 Å². The standard InChI is InChI=1S/C25H26N2O2.ClH/c28-23-13-11-20(12-14-23)24(29)19-26-15-17-27(18-16-26)25(21-7-3-1-4-8-21)22-9-5-2-6-10-22;/h1-14,25,28H,15-19H2;1H. The van der Waals surface area contributed by atoms with Gasteiger partial charge in [0.2, 0.25) is 0 Å². The molecule has 4 nitrogen and oxygen atoms in total. The molecule has 3 aromatic rings. The summed E-state index contributed by atoms with van der Waals surface area (Å²) in [4.78, 5) is 17.3. The smallest absolute Gasteiger partial charge is 0.176 e. The number of hydrogen-bond acceptors (Lipinski definition) is 4. The lowest BCUT2D eigenvalue weighted by molar-refractivity contribution is 0.0808. The minimum atomic E-state index is 0. The Kier molecular flexibility index (Phi) is 7.63. The van der Waals surface area contributed by atoms with Crippen LogP contribution >= 0.6 is 12.4 Å². The molecule has 0 atom stereocenters. The molecule has 3 aromatic carbocycles. The molecule has 0 radical (unpaired) electrons. The average Bonchev–Trinajstić information content (AvgIpc) is 2.77. The molecular weight excluding hydrogens is 396 g/mol. The SMILES string of the molecule is Cl.O=C(CN1CCN(C(c2ccccc2)c2ccccc2)CC1)c1ccc(O)cc1. The summed E-state index contributed by atoms with van der Waals surface area (Å²) in [6.45, 7) is 3.97. The molecule has 1 aliphatic rings. The van der Waals surface area contributed by atoms with E-state index in [0.717, 1.165) is 26.2 Å². The fourth-order valence-corrected chi connectivity index (χ4v) is 4.01. The van der Waals surface area contributed by atoms with Crippen LogP contribution in [-0.2, 0) is 0 Å². The quantitative estimate of drug-likeness (QED) is 0.598. The molecule has 5 heteroatoms. The maximum Gasteiger partial charge on any atom is 0.176 e. The molecule has 1 heterocycles. The van der Waals surface area contributed by atoms with Crippen LogP contribution in [0.2, 0.25) is 0 Å². The number of aromatic hydroxyl groups is 1. The van der Waals surface area contributed by atoms with Crippen molar-refractivity contribution in [3.8, 4) is 5.75 Å². The highest BCUT2D eigenvalue weighted by molar-refractivity contribution is 5.97. The lowest BCUT2D eigenvalue weighted by Crippen LogP contribution is -2.49. The number of halogens is 1. The van der Waals surface area contributed by atoms with Crippen molar-refractivity contribution in [3.63, 3.8) is 0 Å². The van der Waals surface area contributed by atoms with Crippen molar-refractivity contribution in [3.05, 3.63) is 102 Å². The van der Waals surface area contributed by atoms with E-state index >= 15 is 0 Å². The maximum absolute atomic E-state index is 12.5. The summed E-state index contributed by atoms with van der Waals surface area (Å²) in [5.41, 5.74) is 3.25. The van der Waals surface area contributed by atoms with Crippen LogP contribution < -0.4 is 0 Å². The third-order valence-corrected chi connectivity index (χ3v) is 5.56. The number of hydrogen-bond donors (Lipinski definition) is 1.